The van der Waals surface area contributed by atoms with Crippen LogP contribution >= 0.6 is 22.9 Å². The monoisotopic (exact) mass is 836 g/mol. The van der Waals surface area contributed by atoms with E-state index >= 15 is 0 Å². The first-order valence-corrected chi connectivity index (χ1v) is 22.2. The van der Waals surface area contributed by atoms with Gasteiger partial charge in [0, 0.05) is 53.3 Å². The minimum absolute atomic E-state index is 0.0329. The van der Waals surface area contributed by atoms with E-state index in [-0.39, 0.29) is 29.0 Å². The Morgan fingerprint density at radius 3 is 2.55 bits per heavy atom. The Balaban J connectivity index is 0.728. The predicted octanol–water partition coefficient (Wildman–Crippen LogP) is 7.97. The minimum atomic E-state index is -0.332. The molecule has 1 N–H and O–H groups in total. The minimum Gasteiger partial charge on any atom is -0.490 e. The summed E-state index contributed by atoms with van der Waals surface area (Å²) in [4.78, 5) is 27.0. The molecule has 14 heteroatoms. The van der Waals surface area contributed by atoms with E-state index in [1.165, 1.54) is 16.9 Å². The van der Waals surface area contributed by atoms with E-state index in [0.717, 1.165) is 116 Å². The highest BCUT2D eigenvalue weighted by Gasteiger charge is 2.52. The number of pyridine rings is 1. The number of hydrogen-bond donors (Lipinski definition) is 1. The van der Waals surface area contributed by atoms with Gasteiger partial charge in [-0.3, -0.25) is 19.3 Å². The molecule has 0 atom stereocenters. The average molecular weight is 837 g/mol. The molecule has 1 amide bonds. The van der Waals surface area contributed by atoms with Gasteiger partial charge in [-0.25, -0.2) is 0 Å². The Bertz CT molecular complexity index is 2630. The van der Waals surface area contributed by atoms with Crippen LogP contribution in [0.5, 0.6) is 5.75 Å². The van der Waals surface area contributed by atoms with Gasteiger partial charge in [0.1, 0.15) is 28.2 Å². The van der Waals surface area contributed by atoms with Gasteiger partial charge < -0.3 is 15.0 Å². The second-order valence-corrected chi connectivity index (χ2v) is 18.9. The summed E-state index contributed by atoms with van der Waals surface area (Å²) in [6.45, 7) is 8.21. The van der Waals surface area contributed by atoms with E-state index in [4.69, 9.17) is 31.6 Å². The number of nitrogens with one attached hydrogen (secondary N) is 1. The van der Waals surface area contributed by atoms with Gasteiger partial charge in [0.15, 0.2) is 17.3 Å². The number of nitrogens with zero attached hydrogens (tertiary/aromatic N) is 9. The number of carbonyl (C=O) groups excluding carboxylic acids is 1. The number of aromatic nitrogens is 6. The second-order valence-electron chi connectivity index (χ2n) is 17.3. The fourth-order valence-electron chi connectivity index (χ4n) is 9.58. The summed E-state index contributed by atoms with van der Waals surface area (Å²) in [5, 5.41) is 31.7. The van der Waals surface area contributed by atoms with Crippen molar-refractivity contribution in [3.63, 3.8) is 0 Å². The third-order valence-corrected chi connectivity index (χ3v) is 14.6. The zero-order valence-corrected chi connectivity index (χ0v) is 35.5. The normalized spacial score (nSPS) is 23.6. The van der Waals surface area contributed by atoms with Crippen molar-refractivity contribution in [2.45, 2.75) is 103 Å². The van der Waals surface area contributed by atoms with Crippen molar-refractivity contribution in [1.29, 1.82) is 5.26 Å². The summed E-state index contributed by atoms with van der Waals surface area (Å²) < 4.78 is 8.33. The van der Waals surface area contributed by atoms with Crippen LogP contribution in [-0.2, 0) is 5.54 Å². The molecule has 0 unspecified atom stereocenters. The van der Waals surface area contributed by atoms with Crippen molar-refractivity contribution in [2.75, 3.05) is 18.0 Å². The lowest BCUT2D eigenvalue weighted by molar-refractivity contribution is 0.0684. The number of piperidine rings is 1. The van der Waals surface area contributed by atoms with Gasteiger partial charge in [0.05, 0.1) is 28.1 Å². The number of hydrogen-bond acceptors (Lipinski definition) is 11. The first-order chi connectivity index (χ1) is 29.1. The number of halogens is 1. The van der Waals surface area contributed by atoms with Crippen molar-refractivity contribution in [3.05, 3.63) is 104 Å². The SMILES string of the molecule is Cc1sc2c(c1C)C(c1ccc(C#CC3CC4(CCCN(c5ccc(C(=O)NC6CCC(Oc7ccc(C#N)c(Cl)c7)CC6)nn5)C4)C3)cn1)=NC1(CC1)c1nnc(C)n1-2. The Morgan fingerprint density at radius 2 is 1.83 bits per heavy atom. The maximum absolute atomic E-state index is 13.1. The molecule has 10 rings (SSSR count). The summed E-state index contributed by atoms with van der Waals surface area (Å²) in [7, 11) is 0. The van der Waals surface area contributed by atoms with Crippen LogP contribution in [0.15, 0.2) is 53.7 Å². The summed E-state index contributed by atoms with van der Waals surface area (Å²) in [6.07, 6.45) is 11.5. The van der Waals surface area contributed by atoms with Crippen molar-refractivity contribution >= 4 is 40.4 Å². The number of fused-ring (bicyclic) bond motifs is 4. The van der Waals surface area contributed by atoms with Crippen molar-refractivity contribution < 1.29 is 9.53 Å². The van der Waals surface area contributed by atoms with Gasteiger partial charge in [-0.15, -0.1) is 31.7 Å². The molecule has 4 aromatic heterocycles. The second kappa shape index (κ2) is 15.1. The third kappa shape index (κ3) is 7.11. The highest BCUT2D eigenvalue weighted by molar-refractivity contribution is 7.15. The molecule has 1 aromatic carbocycles. The summed E-state index contributed by atoms with van der Waals surface area (Å²) in [6, 6.07) is 15.1. The first-order valence-electron chi connectivity index (χ1n) is 21.0. The lowest BCUT2D eigenvalue weighted by atomic mass is 9.58. The first kappa shape index (κ1) is 38.6. The van der Waals surface area contributed by atoms with Crippen molar-refractivity contribution in [2.24, 2.45) is 16.3 Å². The lowest BCUT2D eigenvalue weighted by Crippen LogP contribution is -2.50. The molecular formula is C46H45ClN10O2S. The number of thiophene rings is 1. The lowest BCUT2D eigenvalue weighted by Gasteiger charge is -2.51. The van der Waals surface area contributed by atoms with Crippen LogP contribution in [-0.4, -0.2) is 66.8 Å². The summed E-state index contributed by atoms with van der Waals surface area (Å²) in [5.41, 5.74) is 5.73. The number of aliphatic imine (C=N–C) groups is 1. The number of benzene rings is 1. The van der Waals surface area contributed by atoms with Crippen LogP contribution in [0.4, 0.5) is 5.82 Å². The third-order valence-electron chi connectivity index (χ3n) is 13.1. The Hall–Kier alpha value is -5.63. The topological polar surface area (TPSA) is 147 Å². The Labute approximate surface area is 358 Å². The number of amides is 1. The number of rotatable bonds is 6. The van der Waals surface area contributed by atoms with E-state index < -0.39 is 0 Å². The zero-order valence-electron chi connectivity index (χ0n) is 34.0. The summed E-state index contributed by atoms with van der Waals surface area (Å²) >= 11 is 7.95. The maximum Gasteiger partial charge on any atom is 0.272 e. The highest BCUT2D eigenvalue weighted by atomic mass is 35.5. The van der Waals surface area contributed by atoms with E-state index in [1.54, 1.807) is 35.6 Å². The van der Waals surface area contributed by atoms with Gasteiger partial charge in [0.25, 0.3) is 5.91 Å². The van der Waals surface area contributed by atoms with Gasteiger partial charge in [-0.2, -0.15) is 5.26 Å². The molecule has 5 aromatic rings. The molecule has 1 saturated heterocycles. The van der Waals surface area contributed by atoms with Crippen molar-refractivity contribution in [1.82, 2.24) is 35.3 Å². The summed E-state index contributed by atoms with van der Waals surface area (Å²) in [5.74, 6) is 10.4. The number of aryl methyl sites for hydroxylation is 2. The molecule has 6 heterocycles. The fourth-order valence-corrected chi connectivity index (χ4v) is 11.0. The smallest absolute Gasteiger partial charge is 0.272 e. The molecule has 60 heavy (non-hydrogen) atoms. The van der Waals surface area contributed by atoms with E-state index in [2.05, 4.69) is 79.1 Å². The van der Waals surface area contributed by atoms with Gasteiger partial charge in [-0.05, 0) is 132 Å². The van der Waals surface area contributed by atoms with Crippen LogP contribution in [0.1, 0.15) is 119 Å². The quantitative estimate of drug-likeness (QED) is 0.168. The molecule has 0 bridgehead atoms. The fraction of sp³-hybridized carbons (Fsp3) is 0.435. The number of anilines is 1. The van der Waals surface area contributed by atoms with Crippen LogP contribution in [0.2, 0.25) is 5.02 Å². The Morgan fingerprint density at radius 1 is 1.00 bits per heavy atom. The molecular weight excluding hydrogens is 792 g/mol. The van der Waals surface area contributed by atoms with Crippen molar-refractivity contribution in [3.8, 4) is 28.7 Å². The molecule has 3 aliphatic carbocycles. The van der Waals surface area contributed by atoms with Gasteiger partial charge >= 0.3 is 0 Å². The standard InChI is InChI=1S/C46H45ClN10O2S/c1-27-28(2)60-43-40(27)41(51-46(18-19-46)44-55-52-29(3)57(43)44)37-14-7-30(25-49-37)5-6-31-22-45(23-31)17-4-20-56(26-45)39-16-15-38(53-54-39)42(58)50-33-9-12-34(13-10-33)59-35-11-8-32(24-48)36(47)21-35/h7-8,11,14-16,21,25,31,33-34H,4,9-10,12-13,17-20,22-23,26H2,1-3H3,(H,50,58). The largest absolute Gasteiger partial charge is 0.490 e. The van der Waals surface area contributed by atoms with Crippen LogP contribution in [0.25, 0.3) is 5.00 Å². The molecule has 0 radical (unpaired) electrons. The zero-order chi connectivity index (χ0) is 41.2. The molecule has 5 aliphatic rings. The molecule has 2 spiro atoms. The molecule has 2 aliphatic heterocycles. The van der Waals surface area contributed by atoms with Crippen LogP contribution < -0.4 is 15.0 Å². The van der Waals surface area contributed by atoms with Gasteiger partial charge in [0.2, 0.25) is 0 Å². The number of ether oxygens (including phenoxy) is 1. The molecule has 3 saturated carbocycles. The van der Waals surface area contributed by atoms with E-state index in [0.29, 0.717) is 27.9 Å². The van der Waals surface area contributed by atoms with E-state index in [1.807, 2.05) is 19.2 Å². The maximum atomic E-state index is 13.1. The van der Waals surface area contributed by atoms with E-state index in [9.17, 15) is 4.79 Å². The van der Waals surface area contributed by atoms with Crippen LogP contribution in [0.3, 0.4) is 0 Å². The molecule has 304 valence electrons. The number of carbonyl (C=O) groups is 1. The average Bonchev–Trinajstić information content (AvgIpc) is 3.86. The highest BCUT2D eigenvalue weighted by Crippen LogP contribution is 2.53. The van der Waals surface area contributed by atoms with Crippen LogP contribution in [0, 0.1) is 55.3 Å². The predicted molar refractivity (Wildman–Crippen MR) is 230 cm³/mol. The molecule has 4 fully saturated rings. The number of nitriles is 1. The van der Waals surface area contributed by atoms with Gasteiger partial charge in [-0.1, -0.05) is 23.4 Å². The Kier molecular flexibility index (Phi) is 9.72. The molecule has 12 nitrogen and oxygen atoms in total.